The van der Waals surface area contributed by atoms with Gasteiger partial charge >= 0.3 is 0 Å². The van der Waals surface area contributed by atoms with Crippen LogP contribution in [0.5, 0.6) is 5.75 Å². The van der Waals surface area contributed by atoms with Crippen LogP contribution in [-0.4, -0.2) is 12.2 Å². The summed E-state index contributed by atoms with van der Waals surface area (Å²) in [6, 6.07) is 2.00. The minimum atomic E-state index is 0.165. The summed E-state index contributed by atoms with van der Waals surface area (Å²) in [6.07, 6.45) is 0. The Morgan fingerprint density at radius 1 is 1.29 bits per heavy atom. The number of hydrogen-bond acceptors (Lipinski definition) is 2. The number of nitrogens with one attached hydrogen (secondary N) is 1. The van der Waals surface area contributed by atoms with Crippen molar-refractivity contribution in [3.63, 3.8) is 0 Å². The summed E-state index contributed by atoms with van der Waals surface area (Å²) in [5.74, 6) is 0.227. The Hall–Kier alpha value is 0.420. The third-order valence-electron chi connectivity index (χ3n) is 2.05. The van der Waals surface area contributed by atoms with Crippen molar-refractivity contribution in [1.82, 2.24) is 5.32 Å². The molecule has 1 aromatic carbocycles. The number of rotatable bonds is 2. The van der Waals surface area contributed by atoms with Gasteiger partial charge in [-0.1, -0.05) is 15.9 Å². The maximum Gasteiger partial charge on any atom is 0.144 e. The smallest absolute Gasteiger partial charge is 0.144 e. The quantitative estimate of drug-likeness (QED) is 0.805. The van der Waals surface area contributed by atoms with E-state index in [4.69, 9.17) is 0 Å². The normalized spacial score (nSPS) is 12.9. The van der Waals surface area contributed by atoms with Crippen LogP contribution >= 0.6 is 47.8 Å². The molecule has 0 unspecified atom stereocenters. The van der Waals surface area contributed by atoms with E-state index < -0.39 is 0 Å². The van der Waals surface area contributed by atoms with E-state index in [0.717, 1.165) is 10.0 Å². The molecule has 2 N–H and O–H groups in total. The lowest BCUT2D eigenvalue weighted by molar-refractivity contribution is 0.465. The minimum Gasteiger partial charge on any atom is -0.506 e. The van der Waals surface area contributed by atoms with Gasteiger partial charge in [0.25, 0.3) is 0 Å². The van der Waals surface area contributed by atoms with Crippen molar-refractivity contribution in [2.75, 3.05) is 7.05 Å². The van der Waals surface area contributed by atoms with Gasteiger partial charge in [0, 0.05) is 16.1 Å². The lowest BCUT2D eigenvalue weighted by atomic mass is 10.1. The van der Waals surface area contributed by atoms with Crippen LogP contribution in [0.2, 0.25) is 0 Å². The Balaban J connectivity index is 3.36. The summed E-state index contributed by atoms with van der Waals surface area (Å²) < 4.78 is 2.33. The first kappa shape index (κ1) is 12.5. The molecule has 14 heavy (non-hydrogen) atoms. The zero-order valence-electron chi connectivity index (χ0n) is 7.74. The first-order valence-electron chi connectivity index (χ1n) is 4.02. The van der Waals surface area contributed by atoms with Crippen LogP contribution in [0.25, 0.3) is 0 Å². The molecule has 2 nitrogen and oxygen atoms in total. The number of benzene rings is 1. The number of phenolic OH excluding ortho intramolecular Hbond substituents is 1. The number of hydrogen-bond donors (Lipinski definition) is 2. The summed E-state index contributed by atoms with van der Waals surface area (Å²) in [7, 11) is 1.88. The molecular formula is C9H10Br3NO. The summed E-state index contributed by atoms with van der Waals surface area (Å²) in [6.45, 7) is 2.03. The Bertz CT molecular complexity index is 354. The fraction of sp³-hybridized carbons (Fsp3) is 0.333. The third kappa shape index (κ3) is 2.32. The van der Waals surface area contributed by atoms with Crippen molar-refractivity contribution >= 4 is 47.8 Å². The molecule has 0 fully saturated rings. The van der Waals surface area contributed by atoms with Crippen molar-refractivity contribution in [2.24, 2.45) is 0 Å². The maximum atomic E-state index is 9.71. The zero-order chi connectivity index (χ0) is 10.9. The van der Waals surface area contributed by atoms with Gasteiger partial charge in [0.2, 0.25) is 0 Å². The van der Waals surface area contributed by atoms with Gasteiger partial charge in [-0.3, -0.25) is 0 Å². The predicted octanol–water partition coefficient (Wildman–Crippen LogP) is 3.96. The molecule has 0 spiro atoms. The molecule has 1 aromatic rings. The molecule has 0 saturated carbocycles. The topological polar surface area (TPSA) is 32.3 Å². The van der Waals surface area contributed by atoms with Crippen LogP contribution < -0.4 is 5.32 Å². The molecule has 0 saturated heterocycles. The van der Waals surface area contributed by atoms with Crippen molar-refractivity contribution in [1.29, 1.82) is 0 Å². The Morgan fingerprint density at radius 2 is 1.86 bits per heavy atom. The van der Waals surface area contributed by atoms with Gasteiger partial charge in [-0.15, -0.1) is 0 Å². The highest BCUT2D eigenvalue weighted by Gasteiger charge is 2.17. The van der Waals surface area contributed by atoms with Crippen molar-refractivity contribution in [2.45, 2.75) is 13.0 Å². The van der Waals surface area contributed by atoms with E-state index in [9.17, 15) is 5.11 Å². The predicted molar refractivity (Wildman–Crippen MR) is 68.7 cm³/mol. The highest BCUT2D eigenvalue weighted by Crippen LogP contribution is 2.41. The number of aromatic hydroxyl groups is 1. The number of phenols is 1. The average molecular weight is 388 g/mol. The highest BCUT2D eigenvalue weighted by molar-refractivity contribution is 9.11. The molecule has 0 aromatic heterocycles. The fourth-order valence-electron chi connectivity index (χ4n) is 1.14. The van der Waals surface area contributed by atoms with Crippen LogP contribution in [0, 0.1) is 0 Å². The highest BCUT2D eigenvalue weighted by atomic mass is 79.9. The molecule has 1 rings (SSSR count). The van der Waals surface area contributed by atoms with Gasteiger partial charge in [0.15, 0.2) is 0 Å². The van der Waals surface area contributed by atoms with Crippen LogP contribution in [0.3, 0.4) is 0 Å². The second kappa shape index (κ2) is 4.96. The SMILES string of the molecule is CN[C@H](C)c1c(Br)cc(Br)c(O)c1Br. The van der Waals surface area contributed by atoms with E-state index >= 15 is 0 Å². The average Bonchev–Trinajstić information content (AvgIpc) is 2.14. The molecule has 5 heteroatoms. The summed E-state index contributed by atoms with van der Waals surface area (Å²) in [5, 5.41) is 12.8. The van der Waals surface area contributed by atoms with E-state index in [1.807, 2.05) is 20.0 Å². The maximum absolute atomic E-state index is 9.71. The van der Waals surface area contributed by atoms with E-state index in [1.165, 1.54) is 0 Å². The van der Waals surface area contributed by atoms with Gasteiger partial charge in [-0.25, -0.2) is 0 Å². The molecule has 0 amide bonds. The number of halogens is 3. The first-order valence-corrected chi connectivity index (χ1v) is 6.40. The fourth-order valence-corrected chi connectivity index (χ4v) is 3.94. The molecule has 0 radical (unpaired) electrons. The molecule has 0 aliphatic heterocycles. The summed E-state index contributed by atoms with van der Waals surface area (Å²) in [5.41, 5.74) is 1.01. The van der Waals surface area contributed by atoms with E-state index in [1.54, 1.807) is 0 Å². The second-order valence-corrected chi connectivity index (χ2v) is 5.43. The molecule has 78 valence electrons. The van der Waals surface area contributed by atoms with E-state index in [-0.39, 0.29) is 11.8 Å². The molecule has 0 heterocycles. The van der Waals surface area contributed by atoms with E-state index in [0.29, 0.717) is 8.95 Å². The van der Waals surface area contributed by atoms with Crippen LogP contribution in [-0.2, 0) is 0 Å². The van der Waals surface area contributed by atoms with Gasteiger partial charge in [0.05, 0.1) is 8.95 Å². The van der Waals surface area contributed by atoms with Crippen molar-refractivity contribution < 1.29 is 5.11 Å². The Morgan fingerprint density at radius 3 is 2.36 bits per heavy atom. The van der Waals surface area contributed by atoms with Gasteiger partial charge < -0.3 is 10.4 Å². The lowest BCUT2D eigenvalue weighted by Crippen LogP contribution is -2.13. The monoisotopic (exact) mass is 385 g/mol. The standard InChI is InChI=1S/C9H10Br3NO/c1-4(13-2)7-5(10)3-6(11)9(14)8(7)12/h3-4,13-14H,1-2H3/t4-/m1/s1. The van der Waals surface area contributed by atoms with E-state index in [2.05, 4.69) is 53.1 Å². The van der Waals surface area contributed by atoms with Crippen LogP contribution in [0.1, 0.15) is 18.5 Å². The lowest BCUT2D eigenvalue weighted by Gasteiger charge is -2.16. The minimum absolute atomic E-state index is 0.165. The van der Waals surface area contributed by atoms with Crippen LogP contribution in [0.15, 0.2) is 19.5 Å². The Kier molecular flexibility index (Phi) is 4.43. The molecule has 0 aliphatic rings. The van der Waals surface area contributed by atoms with Crippen molar-refractivity contribution in [3.8, 4) is 5.75 Å². The largest absolute Gasteiger partial charge is 0.506 e. The zero-order valence-corrected chi connectivity index (χ0v) is 12.5. The van der Waals surface area contributed by atoms with Gasteiger partial charge in [-0.2, -0.15) is 0 Å². The molecule has 0 bridgehead atoms. The molecular weight excluding hydrogens is 378 g/mol. The molecule has 0 aliphatic carbocycles. The summed E-state index contributed by atoms with van der Waals surface area (Å²) >= 11 is 10.1. The molecule has 1 atom stereocenters. The second-order valence-electron chi connectivity index (χ2n) is 2.93. The third-order valence-corrected chi connectivity index (χ3v) is 4.11. The van der Waals surface area contributed by atoms with Crippen molar-refractivity contribution in [3.05, 3.63) is 25.0 Å². The van der Waals surface area contributed by atoms with Gasteiger partial charge in [0.1, 0.15) is 5.75 Å². The van der Waals surface area contributed by atoms with Crippen LogP contribution in [0.4, 0.5) is 0 Å². The van der Waals surface area contributed by atoms with Gasteiger partial charge in [-0.05, 0) is 51.9 Å². The first-order chi connectivity index (χ1) is 6.49. The summed E-state index contributed by atoms with van der Waals surface area (Å²) in [4.78, 5) is 0. The Labute approximate surface area is 108 Å².